The van der Waals surface area contributed by atoms with E-state index in [0.29, 0.717) is 0 Å². The molecule has 1 aromatic heterocycles. The second kappa shape index (κ2) is 6.83. The Kier molecular flexibility index (Phi) is 5.12. The second-order valence-corrected chi connectivity index (χ2v) is 5.70. The first kappa shape index (κ1) is 13.5. The number of aromatic nitrogens is 2. The van der Waals surface area contributed by atoms with Gasteiger partial charge in [0.05, 0.1) is 5.69 Å². The second-order valence-electron chi connectivity index (χ2n) is 5.70. The summed E-state index contributed by atoms with van der Waals surface area (Å²) in [5.41, 5.74) is 1.10. The van der Waals surface area contributed by atoms with E-state index in [4.69, 9.17) is 0 Å². The third kappa shape index (κ3) is 4.37. The van der Waals surface area contributed by atoms with Gasteiger partial charge in [0.2, 0.25) is 0 Å². The lowest BCUT2D eigenvalue weighted by Gasteiger charge is -2.26. The summed E-state index contributed by atoms with van der Waals surface area (Å²) in [5.74, 6) is 2.73. The Morgan fingerprint density at radius 2 is 2.28 bits per heavy atom. The highest BCUT2D eigenvalue weighted by molar-refractivity contribution is 5.00. The highest BCUT2D eigenvalue weighted by Gasteiger charge is 2.17. The lowest BCUT2D eigenvalue weighted by molar-refractivity contribution is 0.267. The average Bonchev–Trinajstić information content (AvgIpc) is 2.35. The minimum atomic E-state index is 0.857. The number of hydrogen-bond acceptors (Lipinski definition) is 3. The molecular formula is C15H25N3. The molecule has 0 aliphatic heterocycles. The summed E-state index contributed by atoms with van der Waals surface area (Å²) in [4.78, 5) is 8.51. The molecule has 100 valence electrons. The fraction of sp³-hybridized carbons (Fsp3) is 0.733. The van der Waals surface area contributed by atoms with Gasteiger partial charge in [-0.15, -0.1) is 0 Å². The van der Waals surface area contributed by atoms with Crippen LogP contribution < -0.4 is 5.32 Å². The van der Waals surface area contributed by atoms with Crippen LogP contribution in [0.15, 0.2) is 12.3 Å². The van der Waals surface area contributed by atoms with Crippen molar-refractivity contribution in [2.45, 2.75) is 52.5 Å². The Morgan fingerprint density at radius 3 is 3.06 bits per heavy atom. The number of rotatable bonds is 5. The molecule has 18 heavy (non-hydrogen) atoms. The molecule has 1 fully saturated rings. The molecular weight excluding hydrogens is 222 g/mol. The van der Waals surface area contributed by atoms with Crippen molar-refractivity contribution >= 4 is 0 Å². The normalized spacial score (nSPS) is 24.1. The van der Waals surface area contributed by atoms with E-state index in [9.17, 15) is 0 Å². The maximum Gasteiger partial charge on any atom is 0.125 e. The van der Waals surface area contributed by atoms with Crippen molar-refractivity contribution in [1.29, 1.82) is 0 Å². The zero-order chi connectivity index (χ0) is 12.8. The molecule has 2 rings (SSSR count). The van der Waals surface area contributed by atoms with Crippen LogP contribution in [0.2, 0.25) is 0 Å². The summed E-state index contributed by atoms with van der Waals surface area (Å²) in [6.45, 7) is 6.31. The molecule has 3 heteroatoms. The van der Waals surface area contributed by atoms with Crippen LogP contribution in [0.3, 0.4) is 0 Å². The summed E-state index contributed by atoms with van der Waals surface area (Å²) in [6, 6.07) is 1.99. The number of hydrogen-bond donors (Lipinski definition) is 1. The smallest absolute Gasteiger partial charge is 0.125 e. The summed E-state index contributed by atoms with van der Waals surface area (Å²) in [5, 5.41) is 3.50. The highest BCUT2D eigenvalue weighted by Crippen LogP contribution is 2.30. The van der Waals surface area contributed by atoms with E-state index < -0.39 is 0 Å². The molecule has 0 spiro atoms. The molecule has 1 aliphatic carbocycles. The van der Waals surface area contributed by atoms with Gasteiger partial charge in [0.15, 0.2) is 0 Å². The zero-order valence-electron chi connectivity index (χ0n) is 11.7. The summed E-state index contributed by atoms with van der Waals surface area (Å²) in [6.07, 6.45) is 8.87. The summed E-state index contributed by atoms with van der Waals surface area (Å²) >= 11 is 0. The molecule has 1 saturated carbocycles. The topological polar surface area (TPSA) is 37.8 Å². The minimum absolute atomic E-state index is 0.857. The van der Waals surface area contributed by atoms with Gasteiger partial charge in [0.25, 0.3) is 0 Å². The van der Waals surface area contributed by atoms with Gasteiger partial charge in [-0.1, -0.05) is 26.2 Å². The van der Waals surface area contributed by atoms with Crippen molar-refractivity contribution in [3.63, 3.8) is 0 Å². The van der Waals surface area contributed by atoms with E-state index in [2.05, 4.69) is 22.2 Å². The largest absolute Gasteiger partial charge is 0.311 e. The fourth-order valence-electron chi connectivity index (χ4n) is 2.95. The van der Waals surface area contributed by atoms with Gasteiger partial charge >= 0.3 is 0 Å². The molecule has 3 nitrogen and oxygen atoms in total. The van der Waals surface area contributed by atoms with Crippen LogP contribution in [-0.4, -0.2) is 16.5 Å². The Hall–Kier alpha value is -0.960. The maximum absolute atomic E-state index is 4.40. The third-order valence-electron chi connectivity index (χ3n) is 3.91. The minimum Gasteiger partial charge on any atom is -0.311 e. The average molecular weight is 247 g/mol. The van der Waals surface area contributed by atoms with E-state index in [1.165, 1.54) is 32.1 Å². The Labute approximate surface area is 110 Å². The number of nitrogens with one attached hydrogen (secondary N) is 1. The van der Waals surface area contributed by atoms with Gasteiger partial charge in [-0.3, -0.25) is 0 Å². The van der Waals surface area contributed by atoms with E-state index >= 15 is 0 Å². The van der Waals surface area contributed by atoms with Crippen LogP contribution in [0.1, 0.15) is 50.5 Å². The standard InChI is InChI=1S/C15H25N3/c1-12-4-3-5-14(10-12)6-8-16-11-15-7-9-17-13(2)18-15/h7,9,12,14,16H,3-6,8,10-11H2,1-2H3. The molecule has 2 atom stereocenters. The molecule has 1 heterocycles. The van der Waals surface area contributed by atoms with E-state index in [1.807, 2.05) is 19.2 Å². The van der Waals surface area contributed by atoms with Gasteiger partial charge in [-0.2, -0.15) is 0 Å². The first-order valence-electron chi connectivity index (χ1n) is 7.23. The fourth-order valence-corrected chi connectivity index (χ4v) is 2.95. The van der Waals surface area contributed by atoms with Gasteiger partial charge in [0, 0.05) is 12.7 Å². The maximum atomic E-state index is 4.40. The van der Waals surface area contributed by atoms with Crippen molar-refractivity contribution in [2.24, 2.45) is 11.8 Å². The van der Waals surface area contributed by atoms with Crippen molar-refractivity contribution in [2.75, 3.05) is 6.54 Å². The molecule has 0 amide bonds. The predicted molar refractivity (Wildman–Crippen MR) is 74.2 cm³/mol. The Bertz CT molecular complexity index is 365. The van der Waals surface area contributed by atoms with E-state index in [1.54, 1.807) is 0 Å². The van der Waals surface area contributed by atoms with Crippen LogP contribution in [0.5, 0.6) is 0 Å². The highest BCUT2D eigenvalue weighted by atomic mass is 14.9. The van der Waals surface area contributed by atoms with Crippen LogP contribution >= 0.6 is 0 Å². The van der Waals surface area contributed by atoms with Crippen LogP contribution in [0.4, 0.5) is 0 Å². The molecule has 0 radical (unpaired) electrons. The Morgan fingerprint density at radius 1 is 1.39 bits per heavy atom. The van der Waals surface area contributed by atoms with Crippen LogP contribution in [-0.2, 0) is 6.54 Å². The molecule has 2 unspecified atom stereocenters. The van der Waals surface area contributed by atoms with E-state index in [-0.39, 0.29) is 0 Å². The van der Waals surface area contributed by atoms with E-state index in [0.717, 1.165) is 36.4 Å². The molecule has 1 aliphatic rings. The number of aryl methyl sites for hydroxylation is 1. The van der Waals surface area contributed by atoms with Crippen molar-refractivity contribution in [1.82, 2.24) is 15.3 Å². The first-order valence-corrected chi connectivity index (χ1v) is 7.23. The lowest BCUT2D eigenvalue weighted by atomic mass is 9.81. The zero-order valence-corrected chi connectivity index (χ0v) is 11.7. The van der Waals surface area contributed by atoms with Crippen LogP contribution in [0, 0.1) is 18.8 Å². The van der Waals surface area contributed by atoms with Crippen molar-refractivity contribution in [3.8, 4) is 0 Å². The lowest BCUT2D eigenvalue weighted by Crippen LogP contribution is -2.21. The molecule has 0 bridgehead atoms. The van der Waals surface area contributed by atoms with Crippen molar-refractivity contribution in [3.05, 3.63) is 23.8 Å². The molecule has 0 saturated heterocycles. The van der Waals surface area contributed by atoms with Gasteiger partial charge in [-0.05, 0) is 44.2 Å². The SMILES string of the molecule is Cc1nccc(CNCCC2CCCC(C)C2)n1. The first-order chi connectivity index (χ1) is 8.74. The van der Waals surface area contributed by atoms with Crippen molar-refractivity contribution < 1.29 is 0 Å². The third-order valence-corrected chi connectivity index (χ3v) is 3.91. The summed E-state index contributed by atoms with van der Waals surface area (Å²) < 4.78 is 0. The Balaban J connectivity index is 1.64. The molecule has 1 N–H and O–H groups in total. The summed E-state index contributed by atoms with van der Waals surface area (Å²) in [7, 11) is 0. The van der Waals surface area contributed by atoms with Gasteiger partial charge in [0.1, 0.15) is 5.82 Å². The predicted octanol–water partition coefficient (Wildman–Crippen LogP) is 3.09. The monoisotopic (exact) mass is 247 g/mol. The molecule has 0 aromatic carbocycles. The number of nitrogens with zero attached hydrogens (tertiary/aromatic N) is 2. The quantitative estimate of drug-likeness (QED) is 0.812. The van der Waals surface area contributed by atoms with Gasteiger partial charge in [-0.25, -0.2) is 9.97 Å². The van der Waals surface area contributed by atoms with Gasteiger partial charge < -0.3 is 5.32 Å². The molecule has 1 aromatic rings. The van der Waals surface area contributed by atoms with Crippen LogP contribution in [0.25, 0.3) is 0 Å².